The molecule has 0 aliphatic carbocycles. The van der Waals surface area contributed by atoms with E-state index in [0.717, 1.165) is 38.5 Å². The Kier molecular flexibility index (Phi) is 6.18. The van der Waals surface area contributed by atoms with E-state index in [1.165, 1.54) is 18.0 Å². The van der Waals surface area contributed by atoms with Crippen molar-refractivity contribution in [2.45, 2.75) is 17.6 Å². The zero-order valence-electron chi connectivity index (χ0n) is 17.4. The third kappa shape index (κ3) is 4.27. The highest BCUT2D eigenvalue weighted by atomic mass is 35.5. The number of halogens is 1. The van der Waals surface area contributed by atoms with Crippen molar-refractivity contribution in [3.63, 3.8) is 0 Å². The van der Waals surface area contributed by atoms with E-state index in [2.05, 4.69) is 15.3 Å². The maximum atomic E-state index is 13.2. The highest BCUT2D eigenvalue weighted by Crippen LogP contribution is 2.33. The van der Waals surface area contributed by atoms with Gasteiger partial charge in [-0.25, -0.2) is 9.67 Å². The second-order valence-electron chi connectivity index (χ2n) is 7.81. The number of rotatable bonds is 6. The average Bonchev–Trinajstić information content (AvgIpc) is 3.40. The predicted molar refractivity (Wildman–Crippen MR) is 123 cm³/mol. The van der Waals surface area contributed by atoms with E-state index < -0.39 is 0 Å². The highest BCUT2D eigenvalue weighted by Gasteiger charge is 2.29. The first-order valence-corrected chi connectivity index (χ1v) is 11.9. The SMILES string of the molecule is O=C(CC1CSc2nc3c(cnn3-c3ccc(Cl)cc3)c(=O)n21)NCCN1CCOCC1. The number of fused-ring (bicyclic) bond motifs is 2. The number of morpholine rings is 1. The van der Waals surface area contributed by atoms with Crippen LogP contribution in [0.5, 0.6) is 0 Å². The first-order chi connectivity index (χ1) is 15.6. The summed E-state index contributed by atoms with van der Waals surface area (Å²) in [6.07, 6.45) is 1.79. The summed E-state index contributed by atoms with van der Waals surface area (Å²) < 4.78 is 8.62. The lowest BCUT2D eigenvalue weighted by molar-refractivity contribution is -0.121. The van der Waals surface area contributed by atoms with Crippen LogP contribution < -0.4 is 10.9 Å². The van der Waals surface area contributed by atoms with Crippen LogP contribution in [0.3, 0.4) is 0 Å². The molecule has 9 nitrogen and oxygen atoms in total. The number of nitrogens with zero attached hydrogens (tertiary/aromatic N) is 5. The van der Waals surface area contributed by atoms with Gasteiger partial charge in [0.25, 0.3) is 5.56 Å². The number of carbonyl (C=O) groups is 1. The molecule has 1 atom stereocenters. The molecule has 1 fully saturated rings. The summed E-state index contributed by atoms with van der Waals surface area (Å²) in [5.74, 6) is 0.584. The molecule has 2 aliphatic rings. The Balaban J connectivity index is 1.30. The molecule has 2 aromatic heterocycles. The maximum Gasteiger partial charge on any atom is 0.265 e. The summed E-state index contributed by atoms with van der Waals surface area (Å²) in [5.41, 5.74) is 1.12. The Bertz CT molecular complexity index is 1190. The monoisotopic (exact) mass is 474 g/mol. The Labute approximate surface area is 193 Å². The van der Waals surface area contributed by atoms with Crippen LogP contribution in [-0.2, 0) is 9.53 Å². The van der Waals surface area contributed by atoms with Crippen LogP contribution in [0.25, 0.3) is 16.7 Å². The molecule has 0 saturated carbocycles. The minimum Gasteiger partial charge on any atom is -0.379 e. The minimum absolute atomic E-state index is 0.0550. The summed E-state index contributed by atoms with van der Waals surface area (Å²) in [5, 5.41) is 9.02. The molecule has 4 heterocycles. The zero-order chi connectivity index (χ0) is 22.1. The van der Waals surface area contributed by atoms with E-state index >= 15 is 0 Å². The van der Waals surface area contributed by atoms with Gasteiger partial charge < -0.3 is 10.1 Å². The second kappa shape index (κ2) is 9.22. The van der Waals surface area contributed by atoms with Gasteiger partial charge in [-0.3, -0.25) is 19.1 Å². The topological polar surface area (TPSA) is 94.3 Å². The fraction of sp³-hybridized carbons (Fsp3) is 0.429. The molecule has 1 amide bonds. The Morgan fingerprint density at radius 3 is 2.81 bits per heavy atom. The third-order valence-corrected chi connectivity index (χ3v) is 7.07. The third-order valence-electron chi connectivity index (χ3n) is 5.72. The number of amides is 1. The van der Waals surface area contributed by atoms with Crippen molar-refractivity contribution in [2.24, 2.45) is 0 Å². The molecule has 3 aromatic rings. The molecule has 2 aliphatic heterocycles. The second-order valence-corrected chi connectivity index (χ2v) is 9.24. The summed E-state index contributed by atoms with van der Waals surface area (Å²) in [7, 11) is 0. The molecular formula is C21H23ClN6O3S. The molecule has 32 heavy (non-hydrogen) atoms. The predicted octanol–water partition coefficient (Wildman–Crippen LogP) is 1.72. The molecule has 1 saturated heterocycles. The maximum absolute atomic E-state index is 13.2. The van der Waals surface area contributed by atoms with Crippen molar-refractivity contribution in [1.82, 2.24) is 29.5 Å². The number of ether oxygens (including phenoxy) is 1. The fourth-order valence-electron chi connectivity index (χ4n) is 4.02. The van der Waals surface area contributed by atoms with Gasteiger partial charge in [0.2, 0.25) is 5.91 Å². The van der Waals surface area contributed by atoms with E-state index in [4.69, 9.17) is 21.3 Å². The van der Waals surface area contributed by atoms with Gasteiger partial charge in [0.05, 0.1) is 31.1 Å². The number of hydrogen-bond donors (Lipinski definition) is 1. The molecule has 168 valence electrons. The van der Waals surface area contributed by atoms with Crippen LogP contribution in [0.4, 0.5) is 0 Å². The van der Waals surface area contributed by atoms with Crippen LogP contribution >= 0.6 is 23.4 Å². The molecule has 0 spiro atoms. The lowest BCUT2D eigenvalue weighted by atomic mass is 10.2. The Morgan fingerprint density at radius 1 is 1.25 bits per heavy atom. The molecule has 11 heteroatoms. The molecule has 1 N–H and O–H groups in total. The van der Waals surface area contributed by atoms with Gasteiger partial charge in [-0.15, -0.1) is 0 Å². The highest BCUT2D eigenvalue weighted by molar-refractivity contribution is 7.99. The van der Waals surface area contributed by atoms with Crippen molar-refractivity contribution < 1.29 is 9.53 Å². The van der Waals surface area contributed by atoms with Crippen LogP contribution in [0.1, 0.15) is 12.5 Å². The van der Waals surface area contributed by atoms with Gasteiger partial charge in [0.1, 0.15) is 5.39 Å². The van der Waals surface area contributed by atoms with E-state index in [0.29, 0.717) is 33.5 Å². The zero-order valence-corrected chi connectivity index (χ0v) is 18.9. The van der Waals surface area contributed by atoms with E-state index in [1.54, 1.807) is 21.4 Å². The van der Waals surface area contributed by atoms with Gasteiger partial charge in [-0.1, -0.05) is 23.4 Å². The van der Waals surface area contributed by atoms with E-state index in [9.17, 15) is 9.59 Å². The van der Waals surface area contributed by atoms with Crippen molar-refractivity contribution in [1.29, 1.82) is 0 Å². The molecule has 0 radical (unpaired) electrons. The lowest BCUT2D eigenvalue weighted by Crippen LogP contribution is -2.41. The molecule has 1 unspecified atom stereocenters. The van der Waals surface area contributed by atoms with Gasteiger partial charge in [0, 0.05) is 43.4 Å². The normalized spacial score (nSPS) is 18.7. The molecule has 5 rings (SSSR count). The van der Waals surface area contributed by atoms with Crippen molar-refractivity contribution >= 4 is 40.3 Å². The summed E-state index contributed by atoms with van der Waals surface area (Å²) in [4.78, 5) is 32.7. The van der Waals surface area contributed by atoms with Gasteiger partial charge >= 0.3 is 0 Å². The number of carbonyl (C=O) groups excluding carboxylic acids is 1. The van der Waals surface area contributed by atoms with Crippen molar-refractivity contribution in [2.75, 3.05) is 45.1 Å². The van der Waals surface area contributed by atoms with Gasteiger partial charge in [-0.2, -0.15) is 5.10 Å². The van der Waals surface area contributed by atoms with Crippen LogP contribution in [0.2, 0.25) is 5.02 Å². The van der Waals surface area contributed by atoms with Crippen LogP contribution in [0, 0.1) is 0 Å². The Hall–Kier alpha value is -2.40. The number of aromatic nitrogens is 4. The standard InChI is InChI=1S/C21H23ClN6O3S/c22-14-1-3-15(4-2-14)28-19-17(12-24-28)20(30)27-16(13-32-21(27)25-19)11-18(29)23-5-6-26-7-9-31-10-8-26/h1-4,12,16H,5-11,13H2,(H,23,29). The molecule has 1 aromatic carbocycles. The number of thioether (sulfide) groups is 1. The van der Waals surface area contributed by atoms with Crippen molar-refractivity contribution in [3.8, 4) is 5.69 Å². The summed E-state index contributed by atoms with van der Waals surface area (Å²) >= 11 is 7.47. The molecular weight excluding hydrogens is 452 g/mol. The number of benzene rings is 1. The van der Waals surface area contributed by atoms with Crippen LogP contribution in [-0.4, -0.2) is 75.3 Å². The molecule has 0 bridgehead atoms. The number of hydrogen-bond acceptors (Lipinski definition) is 7. The largest absolute Gasteiger partial charge is 0.379 e. The lowest BCUT2D eigenvalue weighted by Gasteiger charge is -2.26. The minimum atomic E-state index is -0.221. The van der Waals surface area contributed by atoms with Crippen LogP contribution in [0.15, 0.2) is 40.4 Å². The summed E-state index contributed by atoms with van der Waals surface area (Å²) in [6, 6.07) is 6.98. The van der Waals surface area contributed by atoms with Crippen molar-refractivity contribution in [3.05, 3.63) is 45.8 Å². The first-order valence-electron chi connectivity index (χ1n) is 10.6. The Morgan fingerprint density at radius 2 is 2.03 bits per heavy atom. The van der Waals surface area contributed by atoms with E-state index in [-0.39, 0.29) is 23.9 Å². The first kappa shape index (κ1) is 21.4. The van der Waals surface area contributed by atoms with Gasteiger partial charge in [0.15, 0.2) is 10.8 Å². The quantitative estimate of drug-likeness (QED) is 0.543. The average molecular weight is 475 g/mol. The fourth-order valence-corrected chi connectivity index (χ4v) is 5.27. The van der Waals surface area contributed by atoms with E-state index in [1.807, 2.05) is 12.1 Å². The van der Waals surface area contributed by atoms with Gasteiger partial charge in [-0.05, 0) is 24.3 Å². The summed E-state index contributed by atoms with van der Waals surface area (Å²) in [6.45, 7) is 4.65. The smallest absolute Gasteiger partial charge is 0.265 e. The number of nitrogens with one attached hydrogen (secondary N) is 1.